The van der Waals surface area contributed by atoms with Crippen LogP contribution in [0.25, 0.3) is 0 Å². The number of para-hydroxylation sites is 1. The lowest BCUT2D eigenvalue weighted by molar-refractivity contribution is -0.162. The van der Waals surface area contributed by atoms with Gasteiger partial charge < -0.3 is 0 Å². The number of hydrogen-bond acceptors (Lipinski definition) is 1. The van der Waals surface area contributed by atoms with E-state index < -0.39 is 17.9 Å². The average molecular weight is 294 g/mol. The Morgan fingerprint density at radius 1 is 1.00 bits per heavy atom. The molecule has 0 unspecified atom stereocenters. The number of amides is 1. The van der Waals surface area contributed by atoms with Crippen molar-refractivity contribution in [2.24, 2.45) is 0 Å². The van der Waals surface area contributed by atoms with Crippen LogP contribution in [-0.4, -0.2) is 11.8 Å². The molecular formula is C15H10ClF2NO. The van der Waals surface area contributed by atoms with Gasteiger partial charge in [0.05, 0.1) is 0 Å². The third-order valence-electron chi connectivity index (χ3n) is 3.33. The van der Waals surface area contributed by atoms with Crippen LogP contribution in [0.2, 0.25) is 5.02 Å². The standard InChI is InChI=1S/C15H10ClF2NO/c16-11-8-6-10(7-9-11)13-15(17,18)14(20)19(13)12-4-2-1-3-5-12/h1-9,13H/t13-/m0/s1. The predicted molar refractivity (Wildman–Crippen MR) is 73.1 cm³/mol. The van der Waals surface area contributed by atoms with Gasteiger partial charge in [0.2, 0.25) is 0 Å². The Morgan fingerprint density at radius 2 is 1.60 bits per heavy atom. The second-order valence-electron chi connectivity index (χ2n) is 4.59. The van der Waals surface area contributed by atoms with Crippen LogP contribution < -0.4 is 4.90 Å². The van der Waals surface area contributed by atoms with Crippen molar-refractivity contribution in [2.45, 2.75) is 12.0 Å². The summed E-state index contributed by atoms with van der Waals surface area (Å²) in [5.74, 6) is -4.56. The lowest BCUT2D eigenvalue weighted by Gasteiger charge is -2.46. The van der Waals surface area contributed by atoms with Crippen molar-refractivity contribution in [1.82, 2.24) is 0 Å². The number of carbonyl (C=O) groups excluding carboxylic acids is 1. The fourth-order valence-electron chi connectivity index (χ4n) is 2.35. The van der Waals surface area contributed by atoms with E-state index in [1.807, 2.05) is 0 Å². The number of carbonyl (C=O) groups is 1. The number of β-lactam (4-membered cyclic amide) rings is 1. The number of rotatable bonds is 2. The van der Waals surface area contributed by atoms with Gasteiger partial charge in [-0.3, -0.25) is 9.69 Å². The molecule has 2 aromatic carbocycles. The lowest BCUT2D eigenvalue weighted by Crippen LogP contribution is -2.64. The summed E-state index contributed by atoms with van der Waals surface area (Å²) in [4.78, 5) is 12.8. The zero-order valence-corrected chi connectivity index (χ0v) is 11.0. The van der Waals surface area contributed by atoms with E-state index in [1.54, 1.807) is 42.5 Å². The maximum atomic E-state index is 13.9. The highest BCUT2D eigenvalue weighted by atomic mass is 35.5. The Bertz CT molecular complexity index is 643. The van der Waals surface area contributed by atoms with Gasteiger partial charge in [-0.1, -0.05) is 41.9 Å². The van der Waals surface area contributed by atoms with Crippen LogP contribution in [0.1, 0.15) is 11.6 Å². The summed E-state index contributed by atoms with van der Waals surface area (Å²) >= 11 is 5.76. The van der Waals surface area contributed by atoms with Gasteiger partial charge in [-0.2, -0.15) is 8.78 Å². The summed E-state index contributed by atoms with van der Waals surface area (Å²) < 4.78 is 27.8. The molecule has 0 aromatic heterocycles. The predicted octanol–water partition coefficient (Wildman–Crippen LogP) is 4.06. The van der Waals surface area contributed by atoms with Crippen LogP contribution in [0, 0.1) is 0 Å². The molecular weight excluding hydrogens is 284 g/mol. The Balaban J connectivity index is 2.02. The van der Waals surface area contributed by atoms with Gasteiger partial charge in [0.1, 0.15) is 6.04 Å². The molecule has 0 aliphatic carbocycles. The molecule has 0 radical (unpaired) electrons. The zero-order chi connectivity index (χ0) is 14.3. The number of hydrogen-bond donors (Lipinski definition) is 0. The smallest absolute Gasteiger partial charge is 0.293 e. The van der Waals surface area contributed by atoms with Crippen molar-refractivity contribution < 1.29 is 13.6 Å². The molecule has 20 heavy (non-hydrogen) atoms. The van der Waals surface area contributed by atoms with Gasteiger partial charge in [-0.25, -0.2) is 0 Å². The molecule has 0 bridgehead atoms. The summed E-state index contributed by atoms with van der Waals surface area (Å²) in [6.45, 7) is 0. The first kappa shape index (κ1) is 13.1. The van der Waals surface area contributed by atoms with Gasteiger partial charge in [-0.05, 0) is 29.8 Å². The van der Waals surface area contributed by atoms with E-state index in [-0.39, 0.29) is 0 Å². The quantitative estimate of drug-likeness (QED) is 0.765. The van der Waals surface area contributed by atoms with Gasteiger partial charge in [-0.15, -0.1) is 0 Å². The zero-order valence-electron chi connectivity index (χ0n) is 10.3. The molecule has 2 nitrogen and oxygen atoms in total. The average Bonchev–Trinajstić information content (AvgIpc) is 2.46. The van der Waals surface area contributed by atoms with Crippen molar-refractivity contribution in [2.75, 3.05) is 4.90 Å². The molecule has 1 saturated heterocycles. The molecule has 1 aliphatic rings. The molecule has 0 N–H and O–H groups in total. The highest BCUT2D eigenvalue weighted by Crippen LogP contribution is 2.49. The molecule has 2 aromatic rings. The molecule has 0 saturated carbocycles. The van der Waals surface area contributed by atoms with Crippen LogP contribution in [0.3, 0.4) is 0 Å². The molecule has 0 spiro atoms. The van der Waals surface area contributed by atoms with Gasteiger partial charge >= 0.3 is 11.8 Å². The number of alkyl halides is 2. The monoisotopic (exact) mass is 293 g/mol. The first-order valence-electron chi connectivity index (χ1n) is 6.04. The second kappa shape index (κ2) is 4.56. The van der Waals surface area contributed by atoms with E-state index >= 15 is 0 Å². The van der Waals surface area contributed by atoms with Crippen LogP contribution >= 0.6 is 11.6 Å². The lowest BCUT2D eigenvalue weighted by atomic mass is 9.89. The number of benzene rings is 2. The van der Waals surface area contributed by atoms with Crippen molar-refractivity contribution in [3.8, 4) is 0 Å². The number of halogens is 3. The van der Waals surface area contributed by atoms with E-state index in [2.05, 4.69) is 0 Å². The Kier molecular flexibility index (Phi) is 2.98. The molecule has 1 atom stereocenters. The van der Waals surface area contributed by atoms with Crippen molar-refractivity contribution in [3.63, 3.8) is 0 Å². The SMILES string of the molecule is O=C1N(c2ccccc2)[C@@H](c2ccc(Cl)cc2)C1(F)F. The maximum Gasteiger partial charge on any atom is 0.349 e. The molecule has 1 heterocycles. The fraction of sp³-hybridized carbons (Fsp3) is 0.133. The third-order valence-corrected chi connectivity index (χ3v) is 3.58. The third kappa shape index (κ3) is 1.88. The minimum absolute atomic E-state index is 0.364. The van der Waals surface area contributed by atoms with E-state index in [1.165, 1.54) is 12.1 Å². The van der Waals surface area contributed by atoms with Crippen molar-refractivity contribution in [3.05, 3.63) is 65.2 Å². The first-order chi connectivity index (χ1) is 9.51. The summed E-state index contributed by atoms with van der Waals surface area (Å²) in [6.07, 6.45) is 0. The maximum absolute atomic E-state index is 13.9. The Labute approximate surface area is 119 Å². The van der Waals surface area contributed by atoms with Crippen LogP contribution in [0.15, 0.2) is 54.6 Å². The molecule has 1 fully saturated rings. The molecule has 102 valence electrons. The van der Waals surface area contributed by atoms with Crippen LogP contribution in [-0.2, 0) is 4.79 Å². The van der Waals surface area contributed by atoms with Gasteiger partial charge in [0.15, 0.2) is 0 Å². The second-order valence-corrected chi connectivity index (χ2v) is 5.02. The van der Waals surface area contributed by atoms with Crippen LogP contribution in [0.5, 0.6) is 0 Å². The molecule has 5 heteroatoms. The summed E-state index contributed by atoms with van der Waals surface area (Å²) in [7, 11) is 0. The van der Waals surface area contributed by atoms with Crippen molar-refractivity contribution in [1.29, 1.82) is 0 Å². The fourth-order valence-corrected chi connectivity index (χ4v) is 2.48. The van der Waals surface area contributed by atoms with E-state index in [0.29, 0.717) is 16.3 Å². The summed E-state index contributed by atoms with van der Waals surface area (Å²) in [5, 5.41) is 0.467. The highest BCUT2D eigenvalue weighted by molar-refractivity contribution is 6.30. The number of nitrogens with zero attached hydrogens (tertiary/aromatic N) is 1. The summed E-state index contributed by atoms with van der Waals surface area (Å²) in [6, 6.07) is 13.3. The highest BCUT2D eigenvalue weighted by Gasteiger charge is 2.64. The Morgan fingerprint density at radius 3 is 2.20 bits per heavy atom. The van der Waals surface area contributed by atoms with Gasteiger partial charge in [0, 0.05) is 10.7 Å². The van der Waals surface area contributed by atoms with E-state index in [4.69, 9.17) is 11.6 Å². The number of anilines is 1. The van der Waals surface area contributed by atoms with E-state index in [9.17, 15) is 13.6 Å². The Hall–Kier alpha value is -1.94. The summed E-state index contributed by atoms with van der Waals surface area (Å²) in [5.41, 5.74) is 0.825. The van der Waals surface area contributed by atoms with Gasteiger partial charge in [0.25, 0.3) is 0 Å². The van der Waals surface area contributed by atoms with Crippen LogP contribution in [0.4, 0.5) is 14.5 Å². The largest absolute Gasteiger partial charge is 0.349 e. The molecule has 3 rings (SSSR count). The minimum atomic E-state index is -3.39. The normalized spacial score (nSPS) is 20.6. The molecule has 1 aliphatic heterocycles. The first-order valence-corrected chi connectivity index (χ1v) is 6.41. The van der Waals surface area contributed by atoms with E-state index in [0.717, 1.165) is 4.90 Å². The van der Waals surface area contributed by atoms with Crippen molar-refractivity contribution >= 4 is 23.2 Å². The molecule has 1 amide bonds. The minimum Gasteiger partial charge on any atom is -0.293 e. The topological polar surface area (TPSA) is 20.3 Å².